The van der Waals surface area contributed by atoms with Crippen LogP contribution < -0.4 is 5.32 Å². The first kappa shape index (κ1) is 15.5. The molecule has 0 amide bonds. The van der Waals surface area contributed by atoms with Crippen molar-refractivity contribution in [3.8, 4) is 0 Å². The molecule has 0 saturated carbocycles. The highest BCUT2D eigenvalue weighted by Gasteiger charge is 2.25. The Balaban J connectivity index is 1.79. The molecule has 0 radical (unpaired) electrons. The second kappa shape index (κ2) is 8.40. The molecule has 3 heteroatoms. The number of rotatable bonds is 7. The second-order valence-electron chi connectivity index (χ2n) is 5.77. The van der Waals surface area contributed by atoms with Gasteiger partial charge in [-0.3, -0.25) is 4.90 Å². The lowest BCUT2D eigenvalue weighted by Crippen LogP contribution is -2.51. The maximum absolute atomic E-state index is 5.11. The van der Waals surface area contributed by atoms with Crippen LogP contribution in [-0.2, 0) is 4.74 Å². The van der Waals surface area contributed by atoms with E-state index in [2.05, 4.69) is 47.5 Å². The summed E-state index contributed by atoms with van der Waals surface area (Å²) in [5.74, 6) is 0. The van der Waals surface area contributed by atoms with Gasteiger partial charge < -0.3 is 10.1 Å². The van der Waals surface area contributed by atoms with Crippen LogP contribution in [0.5, 0.6) is 0 Å². The lowest BCUT2D eigenvalue weighted by molar-refractivity contribution is 0.135. The number of piperazine rings is 1. The summed E-state index contributed by atoms with van der Waals surface area (Å²) in [7, 11) is 1.78. The number of hydrogen-bond donors (Lipinski definition) is 1. The minimum Gasteiger partial charge on any atom is -0.385 e. The van der Waals surface area contributed by atoms with Gasteiger partial charge in [-0.1, -0.05) is 30.3 Å². The van der Waals surface area contributed by atoms with Crippen LogP contribution >= 0.6 is 0 Å². The van der Waals surface area contributed by atoms with Crippen LogP contribution in [0.4, 0.5) is 0 Å². The highest BCUT2D eigenvalue weighted by Crippen LogP contribution is 2.20. The first-order chi connectivity index (χ1) is 9.81. The van der Waals surface area contributed by atoms with E-state index in [0.717, 1.165) is 19.7 Å². The third-order valence-electron chi connectivity index (χ3n) is 4.20. The van der Waals surface area contributed by atoms with E-state index in [1.807, 2.05) is 0 Å². The molecule has 1 heterocycles. The van der Waals surface area contributed by atoms with E-state index in [1.54, 1.807) is 7.11 Å². The van der Waals surface area contributed by atoms with Gasteiger partial charge >= 0.3 is 0 Å². The summed E-state index contributed by atoms with van der Waals surface area (Å²) in [6.07, 6.45) is 3.72. The summed E-state index contributed by atoms with van der Waals surface area (Å²) >= 11 is 0. The minimum absolute atomic E-state index is 0.478. The summed E-state index contributed by atoms with van der Waals surface area (Å²) in [6, 6.07) is 11.9. The highest BCUT2D eigenvalue weighted by molar-refractivity contribution is 5.20. The number of methoxy groups -OCH3 is 1. The van der Waals surface area contributed by atoms with Crippen LogP contribution in [0.3, 0.4) is 0 Å². The molecule has 1 aliphatic heterocycles. The number of unbranched alkanes of at least 4 members (excludes halogenated alkanes) is 2. The molecule has 2 unspecified atom stereocenters. The van der Waals surface area contributed by atoms with E-state index in [-0.39, 0.29) is 0 Å². The van der Waals surface area contributed by atoms with Crippen LogP contribution in [0.15, 0.2) is 30.3 Å². The number of benzene rings is 1. The van der Waals surface area contributed by atoms with Crippen LogP contribution in [0.1, 0.15) is 37.8 Å². The lowest BCUT2D eigenvalue weighted by Gasteiger charge is -2.39. The van der Waals surface area contributed by atoms with Gasteiger partial charge in [0.1, 0.15) is 0 Å². The van der Waals surface area contributed by atoms with Gasteiger partial charge in [0.25, 0.3) is 0 Å². The average Bonchev–Trinajstić information content (AvgIpc) is 2.49. The summed E-state index contributed by atoms with van der Waals surface area (Å²) < 4.78 is 5.11. The molecular formula is C17H28N2O. The average molecular weight is 276 g/mol. The fraction of sp³-hybridized carbons (Fsp3) is 0.647. The van der Waals surface area contributed by atoms with E-state index in [4.69, 9.17) is 4.74 Å². The number of hydrogen-bond acceptors (Lipinski definition) is 3. The molecule has 1 aliphatic rings. The lowest BCUT2D eigenvalue weighted by atomic mass is 10.0. The second-order valence-corrected chi connectivity index (χ2v) is 5.77. The molecule has 2 atom stereocenters. The van der Waals surface area contributed by atoms with Crippen molar-refractivity contribution in [1.29, 1.82) is 0 Å². The Morgan fingerprint density at radius 2 is 2.00 bits per heavy atom. The van der Waals surface area contributed by atoms with Crippen molar-refractivity contribution in [3.63, 3.8) is 0 Å². The highest BCUT2D eigenvalue weighted by atomic mass is 16.5. The molecule has 1 saturated heterocycles. The molecule has 0 aliphatic carbocycles. The molecule has 3 nitrogen and oxygen atoms in total. The fourth-order valence-corrected chi connectivity index (χ4v) is 2.88. The van der Waals surface area contributed by atoms with Gasteiger partial charge in [-0.25, -0.2) is 0 Å². The molecule has 20 heavy (non-hydrogen) atoms. The Hall–Kier alpha value is -0.900. The maximum atomic E-state index is 5.11. The minimum atomic E-state index is 0.478. The smallest absolute Gasteiger partial charge is 0.0462 e. The van der Waals surface area contributed by atoms with Gasteiger partial charge in [-0.15, -0.1) is 0 Å². The third-order valence-corrected chi connectivity index (χ3v) is 4.20. The van der Waals surface area contributed by atoms with E-state index < -0.39 is 0 Å². The molecule has 0 aromatic heterocycles. The Morgan fingerprint density at radius 1 is 1.20 bits per heavy atom. The number of nitrogens with one attached hydrogen (secondary N) is 1. The molecule has 1 N–H and O–H groups in total. The first-order valence-electron chi connectivity index (χ1n) is 7.82. The summed E-state index contributed by atoms with van der Waals surface area (Å²) in [5, 5.41) is 3.66. The molecule has 1 aromatic carbocycles. The zero-order valence-electron chi connectivity index (χ0n) is 12.8. The quantitative estimate of drug-likeness (QED) is 0.775. The maximum Gasteiger partial charge on any atom is 0.0462 e. The first-order valence-corrected chi connectivity index (χ1v) is 7.82. The molecule has 1 fully saturated rings. The topological polar surface area (TPSA) is 24.5 Å². The van der Waals surface area contributed by atoms with Gasteiger partial charge in [-0.2, -0.15) is 0 Å². The van der Waals surface area contributed by atoms with Gasteiger partial charge in [0.05, 0.1) is 0 Å². The molecule has 112 valence electrons. The Kier molecular flexibility index (Phi) is 6.51. The molecule has 2 rings (SSSR count). The van der Waals surface area contributed by atoms with E-state index in [0.29, 0.717) is 12.1 Å². The SMILES string of the molecule is COCCCCCN1CC(c2ccccc2)NCC1C. The fourth-order valence-electron chi connectivity index (χ4n) is 2.88. The Morgan fingerprint density at radius 3 is 2.75 bits per heavy atom. The monoisotopic (exact) mass is 276 g/mol. The van der Waals surface area contributed by atoms with Gasteiger partial charge in [0, 0.05) is 38.9 Å². The zero-order valence-corrected chi connectivity index (χ0v) is 12.8. The van der Waals surface area contributed by atoms with Crippen molar-refractivity contribution in [2.75, 3.05) is 33.4 Å². The van der Waals surface area contributed by atoms with Crippen molar-refractivity contribution in [1.82, 2.24) is 10.2 Å². The molecule has 0 spiro atoms. The van der Waals surface area contributed by atoms with Crippen molar-refractivity contribution in [2.45, 2.75) is 38.3 Å². The van der Waals surface area contributed by atoms with Gasteiger partial charge in [0.15, 0.2) is 0 Å². The molecule has 1 aromatic rings. The summed E-state index contributed by atoms with van der Waals surface area (Å²) in [5.41, 5.74) is 1.41. The Labute approximate surface area is 123 Å². The standard InChI is InChI=1S/C17H28N2O/c1-15-13-18-17(16-9-5-3-6-10-16)14-19(15)11-7-4-8-12-20-2/h3,5-6,9-10,15,17-18H,4,7-8,11-14H2,1-2H3. The number of ether oxygens (including phenoxy) is 1. The Bertz CT molecular complexity index is 369. The van der Waals surface area contributed by atoms with Crippen molar-refractivity contribution in [3.05, 3.63) is 35.9 Å². The summed E-state index contributed by atoms with van der Waals surface area (Å²) in [4.78, 5) is 2.63. The molecule has 0 bridgehead atoms. The molecular weight excluding hydrogens is 248 g/mol. The van der Waals surface area contributed by atoms with Crippen LogP contribution in [0.2, 0.25) is 0 Å². The van der Waals surface area contributed by atoms with Gasteiger partial charge in [-0.05, 0) is 38.3 Å². The van der Waals surface area contributed by atoms with Crippen molar-refractivity contribution < 1.29 is 4.74 Å². The summed E-state index contributed by atoms with van der Waals surface area (Å²) in [6.45, 7) is 6.62. The number of nitrogens with zero attached hydrogens (tertiary/aromatic N) is 1. The van der Waals surface area contributed by atoms with Crippen molar-refractivity contribution in [2.24, 2.45) is 0 Å². The zero-order chi connectivity index (χ0) is 14.2. The third kappa shape index (κ3) is 4.58. The predicted molar refractivity (Wildman–Crippen MR) is 83.9 cm³/mol. The largest absolute Gasteiger partial charge is 0.385 e. The normalized spacial score (nSPS) is 23.9. The predicted octanol–water partition coefficient (Wildman–Crippen LogP) is 2.84. The van der Waals surface area contributed by atoms with Crippen molar-refractivity contribution >= 4 is 0 Å². The van der Waals surface area contributed by atoms with Crippen LogP contribution in [0.25, 0.3) is 0 Å². The van der Waals surface area contributed by atoms with Gasteiger partial charge in [0.2, 0.25) is 0 Å². The van der Waals surface area contributed by atoms with Crippen LogP contribution in [0, 0.1) is 0 Å². The van der Waals surface area contributed by atoms with Crippen LogP contribution in [-0.4, -0.2) is 44.3 Å². The van der Waals surface area contributed by atoms with E-state index in [1.165, 1.54) is 31.4 Å². The van der Waals surface area contributed by atoms with E-state index >= 15 is 0 Å². The van der Waals surface area contributed by atoms with E-state index in [9.17, 15) is 0 Å².